The van der Waals surface area contributed by atoms with Crippen molar-refractivity contribution in [2.45, 2.75) is 4.90 Å². The van der Waals surface area contributed by atoms with Crippen LogP contribution in [0.5, 0.6) is 5.75 Å². The van der Waals surface area contributed by atoms with Crippen LogP contribution < -0.4 is 15.2 Å². The highest BCUT2D eigenvalue weighted by Gasteiger charge is 2.15. The number of rotatable bonds is 4. The molecule has 5 nitrogen and oxygen atoms in total. The number of nitrogen functional groups attached to an aromatic ring is 1. The van der Waals surface area contributed by atoms with Gasteiger partial charge in [0, 0.05) is 11.8 Å². The standard InChI is InChI=1S/C13H13FN2O3S/c1-19-13-7-4-10(8-12(13)14)16-20(17,18)11-5-2-9(15)3-6-11/h2-8,16H,15H2,1H3. The fourth-order valence-corrected chi connectivity index (χ4v) is 2.64. The van der Waals surface area contributed by atoms with Gasteiger partial charge in [0.15, 0.2) is 11.6 Å². The number of hydrogen-bond donors (Lipinski definition) is 2. The molecule has 0 spiro atoms. The Kier molecular flexibility index (Phi) is 3.80. The Bertz CT molecular complexity index is 715. The first-order valence-corrected chi connectivity index (χ1v) is 7.12. The van der Waals surface area contributed by atoms with E-state index >= 15 is 0 Å². The normalized spacial score (nSPS) is 11.1. The average molecular weight is 296 g/mol. The van der Waals surface area contributed by atoms with Crippen molar-refractivity contribution in [1.82, 2.24) is 0 Å². The molecule has 0 aliphatic heterocycles. The van der Waals surface area contributed by atoms with Crippen molar-refractivity contribution >= 4 is 21.4 Å². The van der Waals surface area contributed by atoms with E-state index in [2.05, 4.69) is 4.72 Å². The summed E-state index contributed by atoms with van der Waals surface area (Å²) in [6, 6.07) is 9.50. The molecule has 0 unspecified atom stereocenters. The molecule has 7 heteroatoms. The first-order chi connectivity index (χ1) is 9.42. The van der Waals surface area contributed by atoms with Crippen LogP contribution in [0.3, 0.4) is 0 Å². The third-order valence-corrected chi connectivity index (χ3v) is 3.99. The molecule has 0 aliphatic carbocycles. The summed E-state index contributed by atoms with van der Waals surface area (Å²) in [6.07, 6.45) is 0. The number of methoxy groups -OCH3 is 1. The summed E-state index contributed by atoms with van der Waals surface area (Å²) >= 11 is 0. The molecule has 0 amide bonds. The molecule has 3 N–H and O–H groups in total. The van der Waals surface area contributed by atoms with Gasteiger partial charge in [-0.2, -0.15) is 0 Å². The Morgan fingerprint density at radius 1 is 1.15 bits per heavy atom. The van der Waals surface area contributed by atoms with Gasteiger partial charge in [0.1, 0.15) is 0 Å². The zero-order valence-corrected chi connectivity index (χ0v) is 11.4. The van der Waals surface area contributed by atoms with E-state index in [0.29, 0.717) is 5.69 Å². The van der Waals surface area contributed by atoms with Crippen molar-refractivity contribution in [3.05, 3.63) is 48.3 Å². The molecule has 2 aromatic rings. The SMILES string of the molecule is COc1ccc(NS(=O)(=O)c2ccc(N)cc2)cc1F. The molecular weight excluding hydrogens is 283 g/mol. The van der Waals surface area contributed by atoms with Gasteiger partial charge in [-0.05, 0) is 36.4 Å². The lowest BCUT2D eigenvalue weighted by molar-refractivity contribution is 0.386. The molecular formula is C13H13FN2O3S. The van der Waals surface area contributed by atoms with E-state index in [0.717, 1.165) is 6.07 Å². The molecule has 0 aromatic heterocycles. The highest BCUT2D eigenvalue weighted by atomic mass is 32.2. The van der Waals surface area contributed by atoms with Crippen molar-refractivity contribution in [3.63, 3.8) is 0 Å². The van der Waals surface area contributed by atoms with Crippen LogP contribution in [0.1, 0.15) is 0 Å². The lowest BCUT2D eigenvalue weighted by Gasteiger charge is -2.09. The van der Waals surface area contributed by atoms with E-state index in [1.165, 1.54) is 43.5 Å². The van der Waals surface area contributed by atoms with Gasteiger partial charge in [0.05, 0.1) is 17.7 Å². The van der Waals surface area contributed by atoms with Crippen LogP contribution in [0.2, 0.25) is 0 Å². The molecule has 0 bridgehead atoms. The molecule has 20 heavy (non-hydrogen) atoms. The molecule has 2 rings (SSSR count). The highest BCUT2D eigenvalue weighted by molar-refractivity contribution is 7.92. The van der Waals surface area contributed by atoms with Gasteiger partial charge in [-0.15, -0.1) is 0 Å². The number of anilines is 2. The van der Waals surface area contributed by atoms with Gasteiger partial charge in [-0.25, -0.2) is 12.8 Å². The number of sulfonamides is 1. The van der Waals surface area contributed by atoms with Crippen molar-refractivity contribution in [2.24, 2.45) is 0 Å². The van der Waals surface area contributed by atoms with E-state index in [4.69, 9.17) is 10.5 Å². The maximum atomic E-state index is 13.5. The van der Waals surface area contributed by atoms with Gasteiger partial charge in [-0.1, -0.05) is 0 Å². The van der Waals surface area contributed by atoms with Crippen molar-refractivity contribution < 1.29 is 17.5 Å². The largest absolute Gasteiger partial charge is 0.494 e. The molecule has 0 aliphatic rings. The maximum absolute atomic E-state index is 13.5. The van der Waals surface area contributed by atoms with Crippen molar-refractivity contribution in [3.8, 4) is 5.75 Å². The Morgan fingerprint density at radius 3 is 2.35 bits per heavy atom. The highest BCUT2D eigenvalue weighted by Crippen LogP contribution is 2.23. The van der Waals surface area contributed by atoms with E-state index in [-0.39, 0.29) is 16.3 Å². The Morgan fingerprint density at radius 2 is 1.80 bits per heavy atom. The summed E-state index contributed by atoms with van der Waals surface area (Å²) in [5, 5.41) is 0. The lowest BCUT2D eigenvalue weighted by atomic mass is 10.3. The van der Waals surface area contributed by atoms with E-state index in [1.807, 2.05) is 0 Å². The second-order valence-corrected chi connectivity index (χ2v) is 5.71. The summed E-state index contributed by atoms with van der Waals surface area (Å²) in [5.41, 5.74) is 6.06. The van der Waals surface area contributed by atoms with Crippen molar-refractivity contribution in [2.75, 3.05) is 17.6 Å². The fraction of sp³-hybridized carbons (Fsp3) is 0.0769. The van der Waals surface area contributed by atoms with E-state index < -0.39 is 15.8 Å². The number of nitrogens with one attached hydrogen (secondary N) is 1. The number of hydrogen-bond acceptors (Lipinski definition) is 4. The van der Waals surface area contributed by atoms with Crippen LogP contribution in [0, 0.1) is 5.82 Å². The number of benzene rings is 2. The first-order valence-electron chi connectivity index (χ1n) is 5.64. The van der Waals surface area contributed by atoms with Gasteiger partial charge in [-0.3, -0.25) is 4.72 Å². The first kappa shape index (κ1) is 14.1. The molecule has 106 valence electrons. The molecule has 0 fully saturated rings. The van der Waals surface area contributed by atoms with Crippen LogP contribution in [-0.4, -0.2) is 15.5 Å². The topological polar surface area (TPSA) is 81.4 Å². The maximum Gasteiger partial charge on any atom is 0.261 e. The zero-order valence-electron chi connectivity index (χ0n) is 10.6. The van der Waals surface area contributed by atoms with Crippen molar-refractivity contribution in [1.29, 1.82) is 0 Å². The Balaban J connectivity index is 2.28. The summed E-state index contributed by atoms with van der Waals surface area (Å²) in [5.74, 6) is -0.606. The van der Waals surface area contributed by atoms with Gasteiger partial charge in [0.25, 0.3) is 10.0 Å². The third kappa shape index (κ3) is 3.00. The molecule has 2 aromatic carbocycles. The summed E-state index contributed by atoms with van der Waals surface area (Å²) in [4.78, 5) is 0.0444. The monoisotopic (exact) mass is 296 g/mol. The number of halogens is 1. The van der Waals surface area contributed by atoms with E-state index in [1.54, 1.807) is 0 Å². The lowest BCUT2D eigenvalue weighted by Crippen LogP contribution is -2.13. The average Bonchev–Trinajstić information content (AvgIpc) is 2.39. The smallest absolute Gasteiger partial charge is 0.261 e. The molecule has 0 saturated heterocycles. The Hall–Kier alpha value is -2.28. The second kappa shape index (κ2) is 5.38. The minimum Gasteiger partial charge on any atom is -0.494 e. The fourth-order valence-electron chi connectivity index (χ4n) is 1.59. The number of nitrogens with two attached hydrogens (primary N) is 1. The van der Waals surface area contributed by atoms with Crippen LogP contribution in [0.25, 0.3) is 0 Å². The zero-order chi connectivity index (χ0) is 14.8. The molecule has 0 radical (unpaired) electrons. The van der Waals surface area contributed by atoms with Gasteiger partial charge < -0.3 is 10.5 Å². The third-order valence-electron chi connectivity index (χ3n) is 2.59. The summed E-state index contributed by atoms with van der Waals surface area (Å²) < 4.78 is 44.7. The summed E-state index contributed by atoms with van der Waals surface area (Å²) in [7, 11) is -2.45. The number of ether oxygens (including phenoxy) is 1. The minimum atomic E-state index is -3.78. The van der Waals surface area contributed by atoms with E-state index in [9.17, 15) is 12.8 Å². The molecule has 0 heterocycles. The van der Waals surface area contributed by atoms with Crippen LogP contribution >= 0.6 is 0 Å². The predicted octanol–water partition coefficient (Wildman–Crippen LogP) is 2.22. The predicted molar refractivity (Wildman–Crippen MR) is 74.6 cm³/mol. The second-order valence-electron chi connectivity index (χ2n) is 4.02. The molecule has 0 saturated carbocycles. The van der Waals surface area contributed by atoms with Crippen LogP contribution in [-0.2, 0) is 10.0 Å². The van der Waals surface area contributed by atoms with Gasteiger partial charge in [0.2, 0.25) is 0 Å². The minimum absolute atomic E-state index is 0.0421. The molecule has 0 atom stereocenters. The quantitative estimate of drug-likeness (QED) is 0.848. The van der Waals surface area contributed by atoms with Gasteiger partial charge >= 0.3 is 0 Å². The Labute approximate surface area is 116 Å². The van der Waals surface area contributed by atoms with Crippen LogP contribution in [0.15, 0.2) is 47.4 Å². The van der Waals surface area contributed by atoms with Crippen LogP contribution in [0.4, 0.5) is 15.8 Å². The summed E-state index contributed by atoms with van der Waals surface area (Å²) in [6.45, 7) is 0.